The molecule has 0 aromatic rings. The van der Waals surface area contributed by atoms with E-state index in [0.717, 1.165) is 0 Å². The Labute approximate surface area is 74.8 Å². The Morgan fingerprint density at radius 2 is 1.83 bits per heavy atom. The van der Waals surface area contributed by atoms with Crippen LogP contribution < -0.4 is 5.32 Å². The van der Waals surface area contributed by atoms with Gasteiger partial charge in [0.2, 0.25) is 0 Å². The quantitative estimate of drug-likeness (QED) is 0.571. The summed E-state index contributed by atoms with van der Waals surface area (Å²) in [5.74, 6) is 0. The predicted octanol–water partition coefficient (Wildman–Crippen LogP) is 2.33. The van der Waals surface area contributed by atoms with Gasteiger partial charge in [-0.2, -0.15) is 0 Å². The van der Waals surface area contributed by atoms with E-state index in [-0.39, 0.29) is 11.7 Å². The third-order valence-electron chi connectivity index (χ3n) is 0.603. The molecule has 0 heterocycles. The lowest BCUT2D eigenvalue weighted by Crippen LogP contribution is -2.30. The Bertz CT molecular complexity index is 136. The summed E-state index contributed by atoms with van der Waals surface area (Å²) in [6.45, 7) is 10.7. The number of rotatable bonds is 0. The van der Waals surface area contributed by atoms with E-state index in [0.29, 0.717) is 0 Å². The zero-order chi connectivity index (χ0) is 10.2. The summed E-state index contributed by atoms with van der Waals surface area (Å²) in [5.41, 5.74) is -0.389. The van der Waals surface area contributed by atoms with Gasteiger partial charge in [0.1, 0.15) is 5.60 Å². The zero-order valence-electron chi connectivity index (χ0n) is 8.60. The van der Waals surface area contributed by atoms with Gasteiger partial charge in [-0.15, -0.1) is 6.58 Å². The largest absolute Gasteiger partial charge is 0.444 e. The first kappa shape index (κ1) is 13.6. The van der Waals surface area contributed by atoms with E-state index in [1.54, 1.807) is 6.08 Å². The fraction of sp³-hybridized carbons (Fsp3) is 0.667. The average Bonchev–Trinajstić information content (AvgIpc) is 1.86. The van der Waals surface area contributed by atoms with E-state index in [4.69, 9.17) is 4.74 Å². The Morgan fingerprint density at radius 3 is 1.92 bits per heavy atom. The summed E-state index contributed by atoms with van der Waals surface area (Å²) in [5, 5.41) is 2.36. The maximum Gasteiger partial charge on any atom is 0.407 e. The number of hydrogen-bond acceptors (Lipinski definition) is 2. The topological polar surface area (TPSA) is 38.3 Å². The molecule has 3 heteroatoms. The molecule has 72 valence electrons. The van der Waals surface area contributed by atoms with Gasteiger partial charge in [-0.3, -0.25) is 0 Å². The second-order valence-corrected chi connectivity index (χ2v) is 3.16. The number of alkyl carbamates (subject to hydrolysis) is 1. The summed E-state index contributed by atoms with van der Waals surface area (Å²) in [4.78, 5) is 10.5. The van der Waals surface area contributed by atoms with Crippen molar-refractivity contribution in [2.24, 2.45) is 0 Å². The summed E-state index contributed by atoms with van der Waals surface area (Å²) >= 11 is 0. The van der Waals surface area contributed by atoms with E-state index in [1.165, 1.54) is 7.05 Å². The van der Waals surface area contributed by atoms with Crippen LogP contribution in [-0.4, -0.2) is 18.7 Å². The lowest BCUT2D eigenvalue weighted by molar-refractivity contribution is 0.0541. The highest BCUT2D eigenvalue weighted by Gasteiger charge is 2.13. The normalized spacial score (nSPS) is 9.08. The molecule has 12 heavy (non-hydrogen) atoms. The first-order valence-corrected chi connectivity index (χ1v) is 3.85. The van der Waals surface area contributed by atoms with Crippen molar-refractivity contribution >= 4 is 6.09 Å². The second kappa shape index (κ2) is 6.70. The monoisotopic (exact) mass is 173 g/mol. The number of allylic oxidation sites excluding steroid dienone is 1. The zero-order valence-corrected chi connectivity index (χ0v) is 8.60. The minimum Gasteiger partial charge on any atom is -0.444 e. The predicted molar refractivity (Wildman–Crippen MR) is 51.2 cm³/mol. The van der Waals surface area contributed by atoms with Gasteiger partial charge < -0.3 is 10.1 Å². The number of hydrogen-bond donors (Lipinski definition) is 1. The molecule has 0 aliphatic heterocycles. The van der Waals surface area contributed by atoms with Crippen LogP contribution in [0.25, 0.3) is 0 Å². The van der Waals surface area contributed by atoms with Crippen molar-refractivity contribution in [1.82, 2.24) is 5.32 Å². The Hall–Kier alpha value is -0.990. The molecule has 0 fully saturated rings. The molecule has 3 nitrogen and oxygen atoms in total. The molecule has 0 bridgehead atoms. The van der Waals surface area contributed by atoms with Gasteiger partial charge in [0, 0.05) is 7.05 Å². The first-order valence-electron chi connectivity index (χ1n) is 3.85. The Balaban J connectivity index is 0. The van der Waals surface area contributed by atoms with E-state index < -0.39 is 0 Å². The molecule has 0 aromatic heterocycles. The first-order chi connectivity index (χ1) is 5.37. The van der Waals surface area contributed by atoms with E-state index in [1.807, 2.05) is 27.7 Å². The van der Waals surface area contributed by atoms with Gasteiger partial charge in [-0.1, -0.05) is 6.08 Å². The second-order valence-electron chi connectivity index (χ2n) is 3.16. The van der Waals surface area contributed by atoms with Crippen LogP contribution in [0, 0.1) is 0 Å². The molecule has 0 aromatic carbocycles. The van der Waals surface area contributed by atoms with Gasteiger partial charge >= 0.3 is 6.09 Å². The Morgan fingerprint density at radius 1 is 1.50 bits per heavy atom. The maximum absolute atomic E-state index is 10.5. The van der Waals surface area contributed by atoms with E-state index in [9.17, 15) is 4.79 Å². The average molecular weight is 173 g/mol. The van der Waals surface area contributed by atoms with E-state index in [2.05, 4.69) is 11.9 Å². The molecule has 0 aliphatic carbocycles. The van der Waals surface area contributed by atoms with Crippen molar-refractivity contribution in [1.29, 1.82) is 0 Å². The van der Waals surface area contributed by atoms with Gasteiger partial charge in [-0.05, 0) is 27.7 Å². The van der Waals surface area contributed by atoms with E-state index >= 15 is 0 Å². The molecule has 0 atom stereocenters. The van der Waals surface area contributed by atoms with Crippen molar-refractivity contribution in [3.05, 3.63) is 12.7 Å². The molecular weight excluding hydrogens is 154 g/mol. The molecule has 0 aliphatic rings. The molecule has 0 saturated carbocycles. The molecule has 0 unspecified atom stereocenters. The fourth-order valence-electron chi connectivity index (χ4n) is 0.329. The molecule has 0 spiro atoms. The minimum atomic E-state index is -0.389. The molecule has 0 rings (SSSR count). The number of carbonyl (C=O) groups is 1. The number of nitrogens with one attached hydrogen (secondary N) is 1. The summed E-state index contributed by atoms with van der Waals surface area (Å²) in [6, 6.07) is 0. The summed E-state index contributed by atoms with van der Waals surface area (Å²) in [7, 11) is 1.54. The third kappa shape index (κ3) is 16.0. The molecule has 1 amide bonds. The van der Waals surface area contributed by atoms with Crippen molar-refractivity contribution in [2.45, 2.75) is 33.3 Å². The van der Waals surface area contributed by atoms with Crippen LogP contribution in [0.3, 0.4) is 0 Å². The van der Waals surface area contributed by atoms with Crippen molar-refractivity contribution in [2.75, 3.05) is 7.05 Å². The number of ether oxygens (including phenoxy) is 1. The van der Waals surface area contributed by atoms with Crippen LogP contribution >= 0.6 is 0 Å². The van der Waals surface area contributed by atoms with Crippen LogP contribution in [0.4, 0.5) is 4.79 Å². The molecule has 0 radical (unpaired) electrons. The standard InChI is InChI=1S/C6H13NO2.C3H6/c1-6(2,3)9-5(8)7-4;1-3-2/h1-4H3,(H,7,8);3H,1H2,2H3. The minimum absolute atomic E-state index is 0.387. The lowest BCUT2D eigenvalue weighted by Gasteiger charge is -2.18. The van der Waals surface area contributed by atoms with Crippen molar-refractivity contribution in [3.8, 4) is 0 Å². The van der Waals surface area contributed by atoms with Gasteiger partial charge in [-0.25, -0.2) is 4.79 Å². The van der Waals surface area contributed by atoms with Crippen LogP contribution in [-0.2, 0) is 4.74 Å². The highest BCUT2D eigenvalue weighted by molar-refractivity contribution is 5.67. The van der Waals surface area contributed by atoms with Gasteiger partial charge in [0.25, 0.3) is 0 Å². The lowest BCUT2D eigenvalue weighted by atomic mass is 10.2. The van der Waals surface area contributed by atoms with Crippen LogP contribution in [0.5, 0.6) is 0 Å². The van der Waals surface area contributed by atoms with Crippen LogP contribution in [0.1, 0.15) is 27.7 Å². The van der Waals surface area contributed by atoms with Gasteiger partial charge in [0.05, 0.1) is 0 Å². The van der Waals surface area contributed by atoms with Gasteiger partial charge in [0.15, 0.2) is 0 Å². The molecule has 0 saturated heterocycles. The maximum atomic E-state index is 10.5. The highest BCUT2D eigenvalue weighted by Crippen LogP contribution is 2.05. The smallest absolute Gasteiger partial charge is 0.407 e. The van der Waals surface area contributed by atoms with Crippen LogP contribution in [0.15, 0.2) is 12.7 Å². The Kier molecular flexibility index (Phi) is 7.59. The van der Waals surface area contributed by atoms with Crippen molar-refractivity contribution in [3.63, 3.8) is 0 Å². The third-order valence-corrected chi connectivity index (χ3v) is 0.603. The highest BCUT2D eigenvalue weighted by atomic mass is 16.6. The van der Waals surface area contributed by atoms with Crippen LogP contribution in [0.2, 0.25) is 0 Å². The fourth-order valence-corrected chi connectivity index (χ4v) is 0.329. The molecular formula is C9H19NO2. The number of carbonyl (C=O) groups excluding carboxylic acids is 1. The SMILES string of the molecule is C=CC.CNC(=O)OC(C)(C)C. The van der Waals surface area contributed by atoms with Crippen molar-refractivity contribution < 1.29 is 9.53 Å². The summed E-state index contributed by atoms with van der Waals surface area (Å²) < 4.78 is 4.84. The number of amides is 1. The molecule has 1 N–H and O–H groups in total. The summed E-state index contributed by atoms with van der Waals surface area (Å²) in [6.07, 6.45) is 1.36.